The van der Waals surface area contributed by atoms with E-state index in [-0.39, 0.29) is 47.5 Å². The van der Waals surface area contributed by atoms with Gasteiger partial charge in [0.25, 0.3) is 8.32 Å². The van der Waals surface area contributed by atoms with Crippen molar-refractivity contribution in [1.82, 2.24) is 0 Å². The van der Waals surface area contributed by atoms with E-state index in [1.54, 1.807) is 26.0 Å². The normalized spacial score (nSPS) is 12.9. The Balaban J connectivity index is 2.52. The molecule has 0 bridgehead atoms. The second-order valence-electron chi connectivity index (χ2n) is 10.9. The van der Waals surface area contributed by atoms with Crippen LogP contribution >= 0.6 is 0 Å². The van der Waals surface area contributed by atoms with Crippen LogP contribution in [0.15, 0.2) is 62.2 Å². The summed E-state index contributed by atoms with van der Waals surface area (Å²) in [6.07, 6.45) is 0.514. The first kappa shape index (κ1) is 32.2. The molecule has 0 saturated carbocycles. The SMILES string of the molecule is C=C(CC(Cc1cc(=O)c(O[Si](C)(C)C(C)(C)C)co1)(C(=O)OCC)C(=O)OCC)S(=O)c1ccc(C)cc1. The van der Waals surface area contributed by atoms with Crippen LogP contribution in [0.4, 0.5) is 0 Å². The van der Waals surface area contributed by atoms with E-state index in [0.717, 1.165) is 5.56 Å². The number of esters is 2. The number of carbonyl (C=O) groups excluding carboxylic acids is 2. The number of rotatable bonds is 12. The fraction of sp³-hybridized carbons (Fsp3) is 0.483. The van der Waals surface area contributed by atoms with Crippen LogP contribution in [-0.4, -0.2) is 37.7 Å². The standard InChI is InChI=1S/C29H40O8SSi/c1-10-34-26(31)29(27(32)35-11-2,17-21(4)38(33)23-14-12-20(3)13-15-23)18-22-16-24(30)25(19-36-22)37-39(8,9)28(5,6)7/h12-16,19H,4,10-11,17-18H2,1-3,5-9H3. The summed E-state index contributed by atoms with van der Waals surface area (Å²) in [4.78, 5) is 40.4. The van der Waals surface area contributed by atoms with E-state index in [1.165, 1.54) is 12.3 Å². The lowest BCUT2D eigenvalue weighted by Crippen LogP contribution is -2.45. The van der Waals surface area contributed by atoms with Gasteiger partial charge < -0.3 is 18.3 Å². The molecule has 10 heteroatoms. The van der Waals surface area contributed by atoms with Gasteiger partial charge in [-0.2, -0.15) is 0 Å². The van der Waals surface area contributed by atoms with Crippen molar-refractivity contribution < 1.29 is 32.1 Å². The molecule has 0 fully saturated rings. The number of aryl methyl sites for hydroxylation is 1. The molecule has 1 aromatic heterocycles. The summed E-state index contributed by atoms with van der Waals surface area (Å²) in [5, 5.41) is -0.144. The Morgan fingerprint density at radius 1 is 1.03 bits per heavy atom. The van der Waals surface area contributed by atoms with Crippen LogP contribution in [0.5, 0.6) is 5.75 Å². The third-order valence-electron chi connectivity index (χ3n) is 6.83. The number of benzene rings is 1. The fourth-order valence-electron chi connectivity index (χ4n) is 3.53. The molecule has 1 unspecified atom stereocenters. The highest BCUT2D eigenvalue weighted by molar-refractivity contribution is 7.89. The van der Waals surface area contributed by atoms with Crippen molar-refractivity contribution in [3.05, 3.63) is 69.6 Å². The van der Waals surface area contributed by atoms with Crippen molar-refractivity contribution >= 4 is 31.1 Å². The molecule has 0 saturated heterocycles. The van der Waals surface area contributed by atoms with Crippen LogP contribution in [-0.2, 0) is 36.3 Å². The summed E-state index contributed by atoms with van der Waals surface area (Å²) in [5.74, 6) is -1.64. The van der Waals surface area contributed by atoms with Crippen LogP contribution in [0.3, 0.4) is 0 Å². The molecule has 1 heterocycles. The Morgan fingerprint density at radius 2 is 1.56 bits per heavy atom. The molecule has 0 aliphatic heterocycles. The topological polar surface area (TPSA) is 109 Å². The molecular formula is C29H40O8SSi. The number of allylic oxidation sites excluding steroid dienone is 1. The highest BCUT2D eigenvalue weighted by Gasteiger charge is 2.51. The zero-order valence-corrected chi connectivity index (χ0v) is 26.0. The van der Waals surface area contributed by atoms with Gasteiger partial charge in [-0.25, -0.2) is 4.21 Å². The lowest BCUT2D eigenvalue weighted by molar-refractivity contribution is -0.172. The molecule has 2 aromatic rings. The van der Waals surface area contributed by atoms with Crippen molar-refractivity contribution in [2.75, 3.05) is 13.2 Å². The molecule has 39 heavy (non-hydrogen) atoms. The first-order valence-corrected chi connectivity index (χ1v) is 16.9. The summed E-state index contributed by atoms with van der Waals surface area (Å²) in [6.45, 7) is 19.2. The van der Waals surface area contributed by atoms with Crippen LogP contribution in [0.1, 0.15) is 52.4 Å². The lowest BCUT2D eigenvalue weighted by atomic mass is 9.80. The fourth-order valence-corrected chi connectivity index (χ4v) is 5.63. The van der Waals surface area contributed by atoms with Crippen molar-refractivity contribution in [1.29, 1.82) is 0 Å². The number of ether oxygens (including phenoxy) is 2. The first-order valence-electron chi connectivity index (χ1n) is 12.9. The molecule has 0 radical (unpaired) electrons. The van der Waals surface area contributed by atoms with Crippen molar-refractivity contribution in [3.8, 4) is 5.75 Å². The largest absolute Gasteiger partial charge is 0.539 e. The smallest absolute Gasteiger partial charge is 0.324 e. The zero-order valence-electron chi connectivity index (χ0n) is 24.2. The monoisotopic (exact) mass is 576 g/mol. The van der Waals surface area contributed by atoms with Crippen LogP contribution in [0.25, 0.3) is 0 Å². The minimum absolute atomic E-state index is 0.00322. The van der Waals surface area contributed by atoms with Gasteiger partial charge in [-0.05, 0) is 51.0 Å². The maximum atomic E-state index is 13.4. The van der Waals surface area contributed by atoms with Gasteiger partial charge in [-0.3, -0.25) is 14.4 Å². The summed E-state index contributed by atoms with van der Waals surface area (Å²) in [5.41, 5.74) is -1.42. The van der Waals surface area contributed by atoms with Crippen molar-refractivity contribution in [2.45, 2.75) is 77.4 Å². The Bertz CT molecular complexity index is 1250. The molecule has 0 N–H and O–H groups in total. The van der Waals surface area contributed by atoms with Gasteiger partial charge in [0.2, 0.25) is 5.43 Å². The summed E-state index contributed by atoms with van der Waals surface area (Å²) < 4.78 is 35.7. The molecule has 8 nitrogen and oxygen atoms in total. The third-order valence-corrected chi connectivity index (χ3v) is 12.5. The van der Waals surface area contributed by atoms with Gasteiger partial charge in [-0.1, -0.05) is 45.0 Å². The average molecular weight is 577 g/mol. The Hall–Kier alpha value is -2.98. The second-order valence-corrected chi connectivity index (χ2v) is 17.2. The maximum absolute atomic E-state index is 13.4. The van der Waals surface area contributed by atoms with E-state index in [2.05, 4.69) is 27.4 Å². The number of hydrogen-bond acceptors (Lipinski definition) is 8. The third kappa shape index (κ3) is 7.79. The average Bonchev–Trinajstić information content (AvgIpc) is 2.84. The first-order chi connectivity index (χ1) is 18.1. The van der Waals surface area contributed by atoms with E-state index in [4.69, 9.17) is 18.3 Å². The van der Waals surface area contributed by atoms with Crippen molar-refractivity contribution in [3.63, 3.8) is 0 Å². The van der Waals surface area contributed by atoms with Gasteiger partial charge in [0.15, 0.2) is 11.2 Å². The summed E-state index contributed by atoms with van der Waals surface area (Å²) >= 11 is 0. The van der Waals surface area contributed by atoms with Crippen LogP contribution in [0, 0.1) is 12.3 Å². The quantitative estimate of drug-likeness (QED) is 0.180. The highest BCUT2D eigenvalue weighted by Crippen LogP contribution is 2.38. The van der Waals surface area contributed by atoms with E-state index in [1.807, 2.05) is 32.2 Å². The second kappa shape index (κ2) is 12.9. The van der Waals surface area contributed by atoms with E-state index < -0.39 is 41.9 Å². The summed E-state index contributed by atoms with van der Waals surface area (Å²) in [6, 6.07) is 8.23. The molecule has 2 rings (SSSR count). The predicted octanol–water partition coefficient (Wildman–Crippen LogP) is 5.70. The number of carbonyl (C=O) groups is 2. The van der Waals surface area contributed by atoms with Crippen LogP contribution in [0.2, 0.25) is 18.1 Å². The van der Waals surface area contributed by atoms with Crippen molar-refractivity contribution in [2.24, 2.45) is 5.41 Å². The molecule has 1 aromatic carbocycles. The highest BCUT2D eigenvalue weighted by atomic mass is 32.2. The Morgan fingerprint density at radius 3 is 2.03 bits per heavy atom. The molecule has 0 spiro atoms. The van der Waals surface area contributed by atoms with Gasteiger partial charge in [0, 0.05) is 28.7 Å². The maximum Gasteiger partial charge on any atom is 0.324 e. The van der Waals surface area contributed by atoms with E-state index in [9.17, 15) is 18.6 Å². The zero-order chi connectivity index (χ0) is 29.6. The molecule has 0 aliphatic rings. The molecule has 0 aliphatic carbocycles. The molecule has 1 atom stereocenters. The van der Waals surface area contributed by atoms with Gasteiger partial charge >= 0.3 is 11.9 Å². The molecule has 0 amide bonds. The van der Waals surface area contributed by atoms with E-state index in [0.29, 0.717) is 4.90 Å². The Kier molecular flexibility index (Phi) is 10.7. The van der Waals surface area contributed by atoms with Gasteiger partial charge in [-0.15, -0.1) is 0 Å². The minimum atomic E-state index is -2.32. The molecular weight excluding hydrogens is 536 g/mol. The van der Waals surface area contributed by atoms with E-state index >= 15 is 0 Å². The lowest BCUT2D eigenvalue weighted by Gasteiger charge is -2.36. The predicted molar refractivity (Wildman–Crippen MR) is 154 cm³/mol. The Labute approximate surface area is 234 Å². The minimum Gasteiger partial charge on any atom is -0.539 e. The summed E-state index contributed by atoms with van der Waals surface area (Å²) in [7, 11) is -4.05. The number of hydrogen-bond donors (Lipinski definition) is 0. The molecule has 214 valence electrons. The van der Waals surface area contributed by atoms with Gasteiger partial charge in [0.05, 0.1) is 24.0 Å². The van der Waals surface area contributed by atoms with Gasteiger partial charge in [0.1, 0.15) is 12.0 Å². The van der Waals surface area contributed by atoms with Crippen LogP contribution < -0.4 is 9.85 Å².